The monoisotopic (exact) mass is 320 g/mol. The fourth-order valence-electron chi connectivity index (χ4n) is 2.04. The van der Waals surface area contributed by atoms with E-state index >= 15 is 0 Å². The maximum absolute atomic E-state index is 12.4. The summed E-state index contributed by atoms with van der Waals surface area (Å²) in [5.41, 5.74) is 0.732. The molecule has 0 aliphatic rings. The Morgan fingerprint density at radius 1 is 1.27 bits per heavy atom. The predicted octanol–water partition coefficient (Wildman–Crippen LogP) is 1.28. The Morgan fingerprint density at radius 2 is 2.05 bits per heavy atom. The lowest BCUT2D eigenvalue weighted by Crippen LogP contribution is -2.17. The van der Waals surface area contributed by atoms with Crippen molar-refractivity contribution >= 4 is 29.1 Å². The summed E-state index contributed by atoms with van der Waals surface area (Å²) < 4.78 is 3.02. The van der Waals surface area contributed by atoms with Gasteiger partial charge in [0.25, 0.3) is 5.91 Å². The number of anilines is 1. The van der Waals surface area contributed by atoms with E-state index in [9.17, 15) is 4.79 Å². The number of tetrazole rings is 1. The zero-order valence-electron chi connectivity index (χ0n) is 12.1. The lowest BCUT2D eigenvalue weighted by Gasteiger charge is -2.08. The summed E-state index contributed by atoms with van der Waals surface area (Å²) in [6.07, 6.45) is 0. The minimum atomic E-state index is -0.387. The number of hydrogen-bond donors (Lipinski definition) is 1. The van der Waals surface area contributed by atoms with E-state index in [2.05, 4.69) is 31.0 Å². The van der Waals surface area contributed by atoms with Crippen LogP contribution in [0.3, 0.4) is 0 Å². The van der Waals surface area contributed by atoms with Crippen molar-refractivity contribution in [2.45, 2.75) is 19.8 Å². The minimum absolute atomic E-state index is 0.119. The highest BCUT2D eigenvalue weighted by Gasteiger charge is 2.20. The SMILES string of the molecule is CC(C)c1nnc2c(C(=O)Nc3nnnn3C)ccc(Cl)n12. The number of rotatable bonds is 3. The molecule has 3 rings (SSSR count). The number of nitrogens with one attached hydrogen (secondary N) is 1. The third-order valence-corrected chi connectivity index (χ3v) is 3.43. The van der Waals surface area contributed by atoms with Crippen LogP contribution in [0, 0.1) is 0 Å². The standard InChI is InChI=1S/C12H13ClN8O/c1-6(2)9-15-16-10-7(4-5-8(13)21(9)10)11(22)14-12-17-18-19-20(12)3/h4-6H,1-3H3,(H,14,17,19,22). The first kappa shape index (κ1) is 14.4. The van der Waals surface area contributed by atoms with Crippen LogP contribution in [0.5, 0.6) is 0 Å². The van der Waals surface area contributed by atoms with Gasteiger partial charge in [-0.25, -0.2) is 4.68 Å². The predicted molar refractivity (Wildman–Crippen MR) is 78.8 cm³/mol. The number of amides is 1. The summed E-state index contributed by atoms with van der Waals surface area (Å²) in [7, 11) is 1.63. The number of carbonyl (C=O) groups is 1. The lowest BCUT2D eigenvalue weighted by molar-refractivity contribution is 0.102. The first-order valence-electron chi connectivity index (χ1n) is 6.56. The van der Waals surface area contributed by atoms with Crippen molar-refractivity contribution in [3.63, 3.8) is 0 Å². The highest BCUT2D eigenvalue weighted by molar-refractivity contribution is 6.30. The maximum atomic E-state index is 12.4. The fraction of sp³-hybridized carbons (Fsp3) is 0.333. The van der Waals surface area contributed by atoms with Crippen molar-refractivity contribution in [2.75, 3.05) is 5.32 Å². The summed E-state index contributed by atoms with van der Waals surface area (Å²) in [6, 6.07) is 3.23. The van der Waals surface area contributed by atoms with Crippen LogP contribution in [0.15, 0.2) is 12.1 Å². The van der Waals surface area contributed by atoms with Crippen molar-refractivity contribution in [3.05, 3.63) is 28.7 Å². The number of hydrogen-bond acceptors (Lipinski definition) is 6. The van der Waals surface area contributed by atoms with Gasteiger partial charge in [-0.2, -0.15) is 0 Å². The smallest absolute Gasteiger partial charge is 0.261 e. The van der Waals surface area contributed by atoms with Crippen molar-refractivity contribution in [1.82, 2.24) is 34.8 Å². The number of aryl methyl sites for hydroxylation is 1. The Balaban J connectivity index is 2.06. The number of carbonyl (C=O) groups excluding carboxylic acids is 1. The lowest BCUT2D eigenvalue weighted by atomic mass is 10.2. The Kier molecular flexibility index (Phi) is 3.49. The van der Waals surface area contributed by atoms with Gasteiger partial charge in [0, 0.05) is 13.0 Å². The molecule has 0 unspecified atom stereocenters. The molecule has 3 aromatic heterocycles. The maximum Gasteiger partial charge on any atom is 0.261 e. The van der Waals surface area contributed by atoms with Gasteiger partial charge in [0.2, 0.25) is 5.95 Å². The average Bonchev–Trinajstić information content (AvgIpc) is 3.07. The van der Waals surface area contributed by atoms with Crippen LogP contribution in [-0.2, 0) is 7.05 Å². The Bertz CT molecular complexity index is 852. The van der Waals surface area contributed by atoms with E-state index < -0.39 is 0 Å². The van der Waals surface area contributed by atoms with Crippen molar-refractivity contribution in [1.29, 1.82) is 0 Å². The first-order chi connectivity index (χ1) is 10.5. The van der Waals surface area contributed by atoms with E-state index in [1.54, 1.807) is 23.6 Å². The third-order valence-electron chi connectivity index (χ3n) is 3.14. The Hall–Kier alpha value is -2.55. The number of aromatic nitrogens is 7. The first-order valence-corrected chi connectivity index (χ1v) is 6.94. The molecule has 0 aliphatic carbocycles. The van der Waals surface area contributed by atoms with Crippen molar-refractivity contribution < 1.29 is 4.79 Å². The van der Waals surface area contributed by atoms with Crippen LogP contribution in [0.25, 0.3) is 5.65 Å². The Morgan fingerprint density at radius 3 is 2.68 bits per heavy atom. The molecule has 0 radical (unpaired) electrons. The van der Waals surface area contributed by atoms with Crippen molar-refractivity contribution in [3.8, 4) is 0 Å². The second kappa shape index (κ2) is 5.34. The zero-order chi connectivity index (χ0) is 15.9. The van der Waals surface area contributed by atoms with Crippen molar-refractivity contribution in [2.24, 2.45) is 7.05 Å². The van der Waals surface area contributed by atoms with Crippen LogP contribution < -0.4 is 5.32 Å². The normalized spacial score (nSPS) is 11.3. The largest absolute Gasteiger partial charge is 0.289 e. The minimum Gasteiger partial charge on any atom is -0.289 e. The van der Waals surface area contributed by atoms with Crippen LogP contribution in [0.1, 0.15) is 35.9 Å². The van der Waals surface area contributed by atoms with E-state index in [1.807, 2.05) is 13.8 Å². The van der Waals surface area contributed by atoms with E-state index in [-0.39, 0.29) is 17.8 Å². The van der Waals surface area contributed by atoms with Gasteiger partial charge in [-0.05, 0) is 22.6 Å². The van der Waals surface area contributed by atoms with Gasteiger partial charge in [0.15, 0.2) is 5.65 Å². The van der Waals surface area contributed by atoms with Gasteiger partial charge in [0.1, 0.15) is 11.0 Å². The van der Waals surface area contributed by atoms with Gasteiger partial charge in [-0.15, -0.1) is 10.2 Å². The summed E-state index contributed by atoms with van der Waals surface area (Å²) in [4.78, 5) is 12.4. The highest BCUT2D eigenvalue weighted by atomic mass is 35.5. The van der Waals surface area contributed by atoms with E-state index in [4.69, 9.17) is 11.6 Å². The quantitative estimate of drug-likeness (QED) is 0.729. The van der Waals surface area contributed by atoms with Crippen LogP contribution in [0.2, 0.25) is 5.15 Å². The van der Waals surface area contributed by atoms with Crippen LogP contribution in [0.4, 0.5) is 5.95 Å². The van der Waals surface area contributed by atoms with Gasteiger partial charge in [0.05, 0.1) is 5.56 Å². The molecule has 3 heterocycles. The highest BCUT2D eigenvalue weighted by Crippen LogP contribution is 2.22. The number of halogens is 1. The molecular formula is C12H13ClN8O. The molecule has 9 nitrogen and oxygen atoms in total. The molecule has 0 atom stereocenters. The molecule has 0 saturated heterocycles. The van der Waals surface area contributed by atoms with Crippen LogP contribution >= 0.6 is 11.6 Å². The molecule has 1 N–H and O–H groups in total. The molecular weight excluding hydrogens is 308 g/mol. The second-order valence-electron chi connectivity index (χ2n) is 5.02. The molecule has 0 fully saturated rings. The molecule has 10 heteroatoms. The van der Waals surface area contributed by atoms with Gasteiger partial charge >= 0.3 is 0 Å². The topological polar surface area (TPSA) is 103 Å². The number of fused-ring (bicyclic) bond motifs is 1. The van der Waals surface area contributed by atoms with Gasteiger partial charge < -0.3 is 0 Å². The molecule has 0 bridgehead atoms. The zero-order valence-corrected chi connectivity index (χ0v) is 12.9. The number of nitrogens with zero attached hydrogens (tertiary/aromatic N) is 7. The molecule has 1 amide bonds. The molecule has 3 aromatic rings. The summed E-state index contributed by atoms with van der Waals surface area (Å²) >= 11 is 6.21. The second-order valence-corrected chi connectivity index (χ2v) is 5.41. The summed E-state index contributed by atoms with van der Waals surface area (Å²) in [5, 5.41) is 22.1. The van der Waals surface area contributed by atoms with E-state index in [0.717, 1.165) is 0 Å². The molecule has 22 heavy (non-hydrogen) atoms. The van der Waals surface area contributed by atoms with Gasteiger partial charge in [-0.3, -0.25) is 14.5 Å². The van der Waals surface area contributed by atoms with E-state index in [1.165, 1.54) is 4.68 Å². The van der Waals surface area contributed by atoms with E-state index in [0.29, 0.717) is 22.2 Å². The Labute approximate surface area is 130 Å². The molecule has 0 saturated carbocycles. The third kappa shape index (κ3) is 2.29. The molecule has 114 valence electrons. The molecule has 0 aromatic carbocycles. The molecule has 0 aliphatic heterocycles. The average molecular weight is 321 g/mol. The summed E-state index contributed by atoms with van der Waals surface area (Å²) in [6.45, 7) is 3.95. The molecule has 0 spiro atoms. The summed E-state index contributed by atoms with van der Waals surface area (Å²) in [5.74, 6) is 0.660. The number of pyridine rings is 1. The van der Waals surface area contributed by atoms with Crippen LogP contribution in [-0.4, -0.2) is 40.7 Å². The fourth-order valence-corrected chi connectivity index (χ4v) is 2.27. The van der Waals surface area contributed by atoms with Gasteiger partial charge in [-0.1, -0.05) is 30.5 Å².